The van der Waals surface area contributed by atoms with Gasteiger partial charge in [-0.25, -0.2) is 14.8 Å². The molecule has 0 unspecified atom stereocenters. The van der Waals surface area contributed by atoms with E-state index in [2.05, 4.69) is 16.9 Å². The Morgan fingerprint density at radius 2 is 1.77 bits per heavy atom. The maximum atomic E-state index is 11.8. The van der Waals surface area contributed by atoms with Crippen LogP contribution in [0.5, 0.6) is 11.8 Å². The molecule has 30 heavy (non-hydrogen) atoms. The molecule has 7 nitrogen and oxygen atoms in total. The van der Waals surface area contributed by atoms with Gasteiger partial charge in [-0.2, -0.15) is 0 Å². The van der Waals surface area contributed by atoms with E-state index in [1.807, 2.05) is 12.1 Å². The Morgan fingerprint density at radius 3 is 2.47 bits per heavy atom. The number of nitrogens with zero attached hydrogens (tertiary/aromatic N) is 2. The predicted molar refractivity (Wildman–Crippen MR) is 112 cm³/mol. The summed E-state index contributed by atoms with van der Waals surface area (Å²) in [6.07, 6.45) is 11.1. The van der Waals surface area contributed by atoms with E-state index >= 15 is 0 Å². The van der Waals surface area contributed by atoms with Gasteiger partial charge in [-0.3, -0.25) is 0 Å². The number of hydrogen-bond acceptors (Lipinski definition) is 7. The summed E-state index contributed by atoms with van der Waals surface area (Å²) in [5.74, 6) is 0.404. The third kappa shape index (κ3) is 7.30. The van der Waals surface area contributed by atoms with Gasteiger partial charge in [0.05, 0.1) is 13.2 Å². The first-order valence-electron chi connectivity index (χ1n) is 10.8. The number of ether oxygens (including phenoxy) is 4. The van der Waals surface area contributed by atoms with E-state index < -0.39 is 12.4 Å². The lowest BCUT2D eigenvalue weighted by atomic mass is 10.1. The summed E-state index contributed by atoms with van der Waals surface area (Å²) in [5.41, 5.74) is 1.77. The van der Waals surface area contributed by atoms with Gasteiger partial charge in [-0.1, -0.05) is 51.2 Å². The van der Waals surface area contributed by atoms with Crippen LogP contribution in [0.2, 0.25) is 0 Å². The van der Waals surface area contributed by atoms with Gasteiger partial charge in [-0.15, -0.1) is 0 Å². The fourth-order valence-electron chi connectivity index (χ4n) is 3.17. The Kier molecular flexibility index (Phi) is 8.90. The smallest absolute Gasteiger partial charge is 0.463 e. The molecule has 1 aliphatic rings. The second kappa shape index (κ2) is 12.1. The molecule has 7 heteroatoms. The summed E-state index contributed by atoms with van der Waals surface area (Å²) in [4.78, 5) is 20.3. The van der Waals surface area contributed by atoms with E-state index in [4.69, 9.17) is 18.9 Å². The van der Waals surface area contributed by atoms with Crippen molar-refractivity contribution in [2.75, 3.05) is 13.2 Å². The van der Waals surface area contributed by atoms with Gasteiger partial charge in [-0.05, 0) is 30.5 Å². The van der Waals surface area contributed by atoms with Crippen LogP contribution in [0.25, 0.3) is 11.1 Å². The van der Waals surface area contributed by atoms with Gasteiger partial charge in [0.2, 0.25) is 6.29 Å². The molecule has 2 heterocycles. The topological polar surface area (TPSA) is 79.8 Å². The van der Waals surface area contributed by atoms with Gasteiger partial charge in [0.15, 0.2) is 0 Å². The summed E-state index contributed by atoms with van der Waals surface area (Å²) >= 11 is 0. The summed E-state index contributed by atoms with van der Waals surface area (Å²) in [6, 6.07) is 7.47. The molecule has 1 aromatic carbocycles. The lowest BCUT2D eigenvalue weighted by molar-refractivity contribution is -0.0809. The monoisotopic (exact) mass is 414 g/mol. The molecule has 162 valence electrons. The molecule has 1 fully saturated rings. The van der Waals surface area contributed by atoms with Crippen molar-refractivity contribution in [2.45, 2.75) is 64.6 Å². The lowest BCUT2D eigenvalue weighted by Crippen LogP contribution is -2.19. The highest BCUT2D eigenvalue weighted by Gasteiger charge is 2.21. The van der Waals surface area contributed by atoms with E-state index in [1.165, 1.54) is 32.1 Å². The SMILES string of the molecule is CCCCCCCCOc1ncc(-c2ccc(OC(=O)O[C@@H]3CCCO3)cc2)cn1. The van der Waals surface area contributed by atoms with E-state index in [0.29, 0.717) is 31.4 Å². The largest absolute Gasteiger partial charge is 0.516 e. The van der Waals surface area contributed by atoms with Crippen molar-refractivity contribution in [2.24, 2.45) is 0 Å². The molecule has 2 aromatic rings. The number of unbranched alkanes of at least 4 members (excludes halogenated alkanes) is 5. The first-order valence-corrected chi connectivity index (χ1v) is 10.8. The molecule has 0 aliphatic carbocycles. The summed E-state index contributed by atoms with van der Waals surface area (Å²) in [5, 5.41) is 0. The average Bonchev–Trinajstić information content (AvgIpc) is 3.27. The highest BCUT2D eigenvalue weighted by atomic mass is 16.8. The number of hydrogen-bond donors (Lipinski definition) is 0. The van der Waals surface area contributed by atoms with Crippen LogP contribution in [-0.4, -0.2) is 35.6 Å². The van der Waals surface area contributed by atoms with Crippen LogP contribution in [0, 0.1) is 0 Å². The third-order valence-electron chi connectivity index (χ3n) is 4.86. The first kappa shape index (κ1) is 22.0. The number of carbonyl (C=O) groups excluding carboxylic acids is 1. The Morgan fingerprint density at radius 1 is 1.03 bits per heavy atom. The molecule has 0 spiro atoms. The molecule has 1 saturated heterocycles. The van der Waals surface area contributed by atoms with Crippen molar-refractivity contribution in [3.05, 3.63) is 36.7 Å². The van der Waals surface area contributed by atoms with Crippen molar-refractivity contribution in [3.8, 4) is 22.9 Å². The maximum Gasteiger partial charge on any atom is 0.516 e. The van der Waals surface area contributed by atoms with E-state index in [-0.39, 0.29) is 0 Å². The van der Waals surface area contributed by atoms with Gasteiger partial charge in [0, 0.05) is 24.4 Å². The van der Waals surface area contributed by atoms with E-state index in [9.17, 15) is 4.79 Å². The Labute approximate surface area is 177 Å². The maximum absolute atomic E-state index is 11.8. The quantitative estimate of drug-likeness (QED) is 0.271. The molecule has 1 aromatic heterocycles. The van der Waals surface area contributed by atoms with Crippen molar-refractivity contribution < 1.29 is 23.7 Å². The van der Waals surface area contributed by atoms with Crippen LogP contribution in [0.4, 0.5) is 4.79 Å². The number of carbonyl (C=O) groups is 1. The molecule has 0 bridgehead atoms. The lowest BCUT2D eigenvalue weighted by Gasteiger charge is -2.11. The van der Waals surface area contributed by atoms with Crippen molar-refractivity contribution in [1.82, 2.24) is 9.97 Å². The first-order chi connectivity index (χ1) is 14.7. The zero-order chi connectivity index (χ0) is 21.0. The number of aromatic nitrogens is 2. The van der Waals surface area contributed by atoms with Crippen LogP contribution in [0.1, 0.15) is 58.3 Å². The zero-order valence-electron chi connectivity index (χ0n) is 17.5. The van der Waals surface area contributed by atoms with E-state index in [0.717, 1.165) is 24.0 Å². The van der Waals surface area contributed by atoms with Gasteiger partial charge in [0.1, 0.15) is 5.75 Å². The molecule has 1 atom stereocenters. The van der Waals surface area contributed by atoms with Crippen molar-refractivity contribution in [1.29, 1.82) is 0 Å². The minimum atomic E-state index is -0.759. The normalized spacial score (nSPS) is 15.7. The van der Waals surface area contributed by atoms with E-state index in [1.54, 1.807) is 24.5 Å². The predicted octanol–water partition coefficient (Wildman–Crippen LogP) is 5.53. The van der Waals surface area contributed by atoms with Crippen LogP contribution in [0.15, 0.2) is 36.7 Å². The summed E-state index contributed by atoms with van der Waals surface area (Å²) < 4.78 is 21.1. The van der Waals surface area contributed by atoms with Crippen LogP contribution in [-0.2, 0) is 9.47 Å². The highest BCUT2D eigenvalue weighted by Crippen LogP contribution is 2.23. The van der Waals surface area contributed by atoms with Crippen molar-refractivity contribution >= 4 is 6.16 Å². The molecule has 0 amide bonds. The fourth-order valence-corrected chi connectivity index (χ4v) is 3.17. The molecule has 0 N–H and O–H groups in total. The Bertz CT molecular complexity index is 758. The Hall–Kier alpha value is -2.67. The fraction of sp³-hybridized carbons (Fsp3) is 0.522. The van der Waals surface area contributed by atoms with Crippen LogP contribution < -0.4 is 9.47 Å². The molecule has 0 saturated carbocycles. The number of rotatable bonds is 11. The molecular formula is C23H30N2O5. The average molecular weight is 415 g/mol. The molecule has 3 rings (SSSR count). The second-order valence-corrected chi connectivity index (χ2v) is 7.31. The van der Waals surface area contributed by atoms with Crippen molar-refractivity contribution in [3.63, 3.8) is 0 Å². The van der Waals surface area contributed by atoms with Gasteiger partial charge in [0.25, 0.3) is 0 Å². The standard InChI is InChI=1S/C23H30N2O5/c1-2-3-4-5-6-7-14-28-22-24-16-19(17-25-22)18-10-12-20(13-11-18)29-23(26)30-21-9-8-15-27-21/h10-13,16-17,21H,2-9,14-15H2,1H3/t21-/m1/s1. The minimum Gasteiger partial charge on any atom is -0.463 e. The third-order valence-corrected chi connectivity index (χ3v) is 4.86. The Balaban J connectivity index is 1.41. The number of benzene rings is 1. The second-order valence-electron chi connectivity index (χ2n) is 7.31. The molecule has 1 aliphatic heterocycles. The van der Waals surface area contributed by atoms with Crippen LogP contribution >= 0.6 is 0 Å². The summed E-state index contributed by atoms with van der Waals surface area (Å²) in [6.45, 7) is 3.47. The van der Waals surface area contributed by atoms with Crippen LogP contribution in [0.3, 0.4) is 0 Å². The molecule has 0 radical (unpaired) electrons. The molecular weight excluding hydrogens is 384 g/mol. The minimum absolute atomic E-state index is 0.393. The van der Waals surface area contributed by atoms with Gasteiger partial charge >= 0.3 is 12.2 Å². The van der Waals surface area contributed by atoms with Gasteiger partial charge < -0.3 is 18.9 Å². The summed E-state index contributed by atoms with van der Waals surface area (Å²) in [7, 11) is 0. The highest BCUT2D eigenvalue weighted by molar-refractivity contribution is 5.66. The zero-order valence-corrected chi connectivity index (χ0v) is 17.5.